The van der Waals surface area contributed by atoms with E-state index in [1.807, 2.05) is 23.9 Å². The number of hydrogen-bond acceptors (Lipinski definition) is 4. The van der Waals surface area contributed by atoms with Crippen LogP contribution in [0.15, 0.2) is 29.2 Å². The fraction of sp³-hybridized carbons (Fsp3) is 0.600. The number of para-hydroxylation sites is 1. The van der Waals surface area contributed by atoms with Crippen molar-refractivity contribution in [1.82, 2.24) is 4.72 Å². The maximum atomic E-state index is 12.6. The van der Waals surface area contributed by atoms with Gasteiger partial charge in [0.25, 0.3) is 0 Å². The lowest BCUT2D eigenvalue weighted by Crippen LogP contribution is -2.37. The number of rotatable bonds is 7. The van der Waals surface area contributed by atoms with Crippen LogP contribution >= 0.6 is 11.8 Å². The molecule has 2 N–H and O–H groups in total. The van der Waals surface area contributed by atoms with Gasteiger partial charge in [-0.2, -0.15) is 11.8 Å². The quantitative estimate of drug-likeness (QED) is 0.807. The van der Waals surface area contributed by atoms with Crippen molar-refractivity contribution in [2.24, 2.45) is 0 Å². The zero-order valence-corrected chi connectivity index (χ0v) is 14.3. The van der Waals surface area contributed by atoms with Gasteiger partial charge in [0.2, 0.25) is 10.0 Å². The highest BCUT2D eigenvalue weighted by molar-refractivity contribution is 8.01. The predicted octanol–water partition coefficient (Wildman–Crippen LogP) is 3.07. The van der Waals surface area contributed by atoms with Crippen LogP contribution in [0, 0.1) is 0 Å². The second-order valence-corrected chi connectivity index (χ2v) is 9.07. The zero-order chi connectivity index (χ0) is 15.3. The monoisotopic (exact) mass is 328 g/mol. The van der Waals surface area contributed by atoms with Crippen LogP contribution in [0.2, 0.25) is 0 Å². The molecule has 1 aromatic rings. The molecule has 118 valence electrons. The maximum Gasteiger partial charge on any atom is 0.242 e. The predicted molar refractivity (Wildman–Crippen MR) is 90.5 cm³/mol. The summed E-state index contributed by atoms with van der Waals surface area (Å²) >= 11 is 1.86. The van der Waals surface area contributed by atoms with Crippen molar-refractivity contribution in [3.8, 4) is 0 Å². The van der Waals surface area contributed by atoms with Gasteiger partial charge in [0.05, 0.1) is 5.69 Å². The van der Waals surface area contributed by atoms with Crippen molar-refractivity contribution in [2.45, 2.75) is 42.8 Å². The molecular formula is C15H24N2O2S2. The van der Waals surface area contributed by atoms with Gasteiger partial charge in [-0.25, -0.2) is 13.1 Å². The van der Waals surface area contributed by atoms with E-state index < -0.39 is 10.0 Å². The summed E-state index contributed by atoms with van der Waals surface area (Å²) in [4.78, 5) is 0.338. The van der Waals surface area contributed by atoms with Crippen molar-refractivity contribution >= 4 is 27.5 Å². The van der Waals surface area contributed by atoms with Crippen LogP contribution < -0.4 is 10.0 Å². The van der Waals surface area contributed by atoms with E-state index >= 15 is 0 Å². The largest absolute Gasteiger partial charge is 0.384 e. The highest BCUT2D eigenvalue weighted by atomic mass is 32.2. The zero-order valence-electron chi connectivity index (χ0n) is 12.7. The first kappa shape index (κ1) is 16.6. The van der Waals surface area contributed by atoms with Crippen molar-refractivity contribution in [1.29, 1.82) is 0 Å². The lowest BCUT2D eigenvalue weighted by Gasteiger charge is -2.23. The second kappa shape index (κ2) is 7.03. The van der Waals surface area contributed by atoms with Crippen LogP contribution in [0.4, 0.5) is 5.69 Å². The third-order valence-corrected chi connectivity index (χ3v) is 6.68. The van der Waals surface area contributed by atoms with Gasteiger partial charge in [0.15, 0.2) is 0 Å². The third-order valence-electron chi connectivity index (χ3n) is 3.68. The van der Waals surface area contributed by atoms with Crippen molar-refractivity contribution < 1.29 is 8.42 Å². The number of benzene rings is 1. The molecule has 0 aliphatic carbocycles. The molecule has 0 saturated carbocycles. The smallest absolute Gasteiger partial charge is 0.242 e. The molecule has 1 unspecified atom stereocenters. The summed E-state index contributed by atoms with van der Waals surface area (Å²) < 4.78 is 27.9. The molecular weight excluding hydrogens is 304 g/mol. The van der Waals surface area contributed by atoms with Crippen molar-refractivity contribution in [3.05, 3.63) is 24.3 Å². The molecule has 1 atom stereocenters. The van der Waals surface area contributed by atoms with Crippen LogP contribution in [0.1, 0.15) is 33.1 Å². The Morgan fingerprint density at radius 1 is 1.33 bits per heavy atom. The van der Waals surface area contributed by atoms with Gasteiger partial charge in [-0.15, -0.1) is 0 Å². The number of hydrogen-bond donors (Lipinski definition) is 2. The maximum absolute atomic E-state index is 12.6. The van der Waals surface area contributed by atoms with Gasteiger partial charge in [-0.1, -0.05) is 19.1 Å². The summed E-state index contributed by atoms with van der Waals surface area (Å²) in [6, 6.07) is 7.09. The highest BCUT2D eigenvalue weighted by Gasteiger charge is 2.31. The average Bonchev–Trinajstić information content (AvgIpc) is 2.91. The first-order chi connectivity index (χ1) is 9.97. The Morgan fingerprint density at radius 3 is 2.76 bits per heavy atom. The highest BCUT2D eigenvalue weighted by Crippen LogP contribution is 2.37. The molecule has 0 bridgehead atoms. The first-order valence-corrected chi connectivity index (χ1v) is 9.90. The van der Waals surface area contributed by atoms with Gasteiger partial charge >= 0.3 is 0 Å². The molecule has 1 fully saturated rings. The van der Waals surface area contributed by atoms with Crippen LogP contribution in [0.3, 0.4) is 0 Å². The topological polar surface area (TPSA) is 58.2 Å². The Balaban J connectivity index is 2.11. The first-order valence-electron chi connectivity index (χ1n) is 7.43. The van der Waals surface area contributed by atoms with Gasteiger partial charge in [0.1, 0.15) is 4.90 Å². The molecule has 4 nitrogen and oxygen atoms in total. The Labute approximate surface area is 132 Å². The second-order valence-electron chi connectivity index (χ2n) is 5.65. The Bertz CT molecular complexity index is 567. The number of nitrogens with one attached hydrogen (secondary N) is 2. The molecule has 0 radical (unpaired) electrons. The molecule has 1 heterocycles. The van der Waals surface area contributed by atoms with Crippen molar-refractivity contribution in [3.63, 3.8) is 0 Å². The molecule has 2 rings (SSSR count). The summed E-state index contributed by atoms with van der Waals surface area (Å²) in [7, 11) is -3.47. The molecule has 1 aliphatic rings. The van der Waals surface area contributed by atoms with E-state index in [-0.39, 0.29) is 4.75 Å². The van der Waals surface area contributed by atoms with E-state index in [4.69, 9.17) is 0 Å². The standard InChI is InChI=1S/C15H24N2O2S2/c1-3-10-16-13-7-4-5-8-14(13)21(18,19)17-12-15(2)9-6-11-20-15/h4-5,7-8,16-17H,3,6,9-12H2,1-2H3. The lowest BCUT2D eigenvalue weighted by molar-refractivity contribution is 0.552. The molecule has 0 spiro atoms. The van der Waals surface area contributed by atoms with E-state index in [1.54, 1.807) is 12.1 Å². The van der Waals surface area contributed by atoms with Gasteiger partial charge in [0, 0.05) is 17.8 Å². The molecule has 21 heavy (non-hydrogen) atoms. The van der Waals surface area contributed by atoms with E-state index in [2.05, 4.69) is 23.9 Å². The molecule has 0 aromatic heterocycles. The van der Waals surface area contributed by atoms with Gasteiger partial charge < -0.3 is 5.32 Å². The van der Waals surface area contributed by atoms with Crippen LogP contribution in [0.25, 0.3) is 0 Å². The average molecular weight is 329 g/mol. The fourth-order valence-corrected chi connectivity index (χ4v) is 5.10. The Kier molecular flexibility index (Phi) is 5.57. The molecule has 1 saturated heterocycles. The summed E-state index contributed by atoms with van der Waals surface area (Å²) in [5.74, 6) is 1.12. The Hall–Kier alpha value is -0.720. The number of thioether (sulfide) groups is 1. The Morgan fingerprint density at radius 2 is 2.10 bits per heavy atom. The van der Waals surface area contributed by atoms with E-state index in [0.717, 1.165) is 31.6 Å². The SMILES string of the molecule is CCCNc1ccccc1S(=O)(=O)NCC1(C)CCCS1. The van der Waals surface area contributed by atoms with E-state index in [1.165, 1.54) is 0 Å². The summed E-state index contributed by atoms with van der Waals surface area (Å²) in [5.41, 5.74) is 0.677. The molecule has 1 aromatic carbocycles. The van der Waals surface area contributed by atoms with E-state index in [9.17, 15) is 8.42 Å². The van der Waals surface area contributed by atoms with Crippen LogP contribution in [-0.2, 0) is 10.0 Å². The van der Waals surface area contributed by atoms with E-state index in [0.29, 0.717) is 17.1 Å². The summed E-state index contributed by atoms with van der Waals surface area (Å²) in [5, 5.41) is 3.18. The number of sulfonamides is 1. The molecule has 0 amide bonds. The molecule has 6 heteroatoms. The van der Waals surface area contributed by atoms with Gasteiger partial charge in [-0.3, -0.25) is 0 Å². The lowest BCUT2D eigenvalue weighted by atomic mass is 10.1. The van der Waals surface area contributed by atoms with Crippen molar-refractivity contribution in [2.75, 3.05) is 24.2 Å². The minimum absolute atomic E-state index is 0.0266. The summed E-state index contributed by atoms with van der Waals surface area (Å²) in [6.45, 7) is 5.44. The minimum Gasteiger partial charge on any atom is -0.384 e. The summed E-state index contributed by atoms with van der Waals surface area (Å²) in [6.07, 6.45) is 3.18. The third kappa shape index (κ3) is 4.37. The minimum atomic E-state index is -3.47. The van der Waals surface area contributed by atoms with Gasteiger partial charge in [-0.05, 0) is 44.1 Å². The molecule has 1 aliphatic heterocycles. The number of anilines is 1. The van der Waals surface area contributed by atoms with Crippen LogP contribution in [0.5, 0.6) is 0 Å². The fourth-order valence-electron chi connectivity index (χ4n) is 2.41. The normalized spacial score (nSPS) is 22.4. The van der Waals surface area contributed by atoms with Crippen LogP contribution in [-0.4, -0.2) is 32.0 Å².